The van der Waals surface area contributed by atoms with Crippen molar-refractivity contribution < 1.29 is 87.4 Å². The second-order valence-electron chi connectivity index (χ2n) is 14.3. The molecule has 0 aliphatic heterocycles. The zero-order chi connectivity index (χ0) is 86.2. The third kappa shape index (κ3) is 165. The van der Waals surface area contributed by atoms with Crippen LogP contribution in [-0.4, -0.2) is 332 Å². The van der Waals surface area contributed by atoms with Crippen molar-refractivity contribution in [1.82, 2.24) is 38.5 Å². The molecule has 4 N–H and O–H groups in total. The number of thiocarbonyl (C=S) groups is 5. The predicted molar refractivity (Wildman–Crippen MR) is 510 cm³/mol. The molecular formula is C50H112N8O19S26. The molecule has 27 nitrogen and oxygen atoms in total. The molecule has 0 saturated heterocycles. The highest BCUT2D eigenvalue weighted by Gasteiger charge is 2.10. The number of hydrogen-bond donors (Lipinski definition) is 4. The van der Waals surface area contributed by atoms with Crippen LogP contribution in [0.4, 0.5) is 19.2 Å². The first-order valence-corrected chi connectivity index (χ1v) is 56.0. The number of ether oxygens (including phenoxy) is 4. The van der Waals surface area contributed by atoms with Crippen LogP contribution < -0.4 is 20.1 Å². The predicted octanol–water partition coefficient (Wildman–Crippen LogP) is 13.0. The SMILES string of the molecule is CNC(=O)SC.CNC(=S)SC.CNS(=O)(=O)SC.CNS(=O)SC.COC(=O)C(=O)SC.COC(=O)N(C)C.COC(=O)SC.COC(=S)SC.CSC(=O)C(C)=O.CSC(=O)SC.CSC(=S)N(C)C.CSC(=S)SC.CSC(C)=O.CSC(C)=S.CSS(=O)(=O)N(C)C.CSS(=O)N(C)C. The van der Waals surface area contributed by atoms with Crippen molar-refractivity contribution in [3.05, 3.63) is 0 Å². The van der Waals surface area contributed by atoms with E-state index in [1.165, 1.54) is 158 Å². The van der Waals surface area contributed by atoms with Gasteiger partial charge in [-0.1, -0.05) is 131 Å². The highest BCUT2D eigenvalue weighted by Crippen LogP contribution is 2.10. The van der Waals surface area contributed by atoms with Gasteiger partial charge in [-0.2, -0.15) is 4.31 Å². The molecule has 0 fully saturated rings. The second kappa shape index (κ2) is 112. The molecule has 53 heteroatoms. The molecule has 103 heavy (non-hydrogen) atoms. The third-order valence-corrected chi connectivity index (χ3v) is 29.8. The maximum atomic E-state index is 10.6. The minimum absolute atomic E-state index is 0.00926. The summed E-state index contributed by atoms with van der Waals surface area (Å²) in [7, 11) is 22.2. The summed E-state index contributed by atoms with van der Waals surface area (Å²) in [5.41, 5.74) is 0. The molecule has 0 heterocycles. The number of methoxy groups -OCH3 is 4. The number of carbonyl (C=O) groups excluding carboxylic acids is 9. The molecule has 0 saturated carbocycles. The number of amides is 2. The smallest absolute Gasteiger partial charge is 0.408 e. The van der Waals surface area contributed by atoms with Gasteiger partial charge in [0.2, 0.25) is 14.6 Å². The van der Waals surface area contributed by atoms with E-state index < -0.39 is 49.2 Å². The van der Waals surface area contributed by atoms with Crippen molar-refractivity contribution in [3.63, 3.8) is 0 Å². The highest BCUT2D eigenvalue weighted by atomic mass is 33.2. The zero-order valence-electron chi connectivity index (χ0n) is 65.2. The van der Waals surface area contributed by atoms with Crippen molar-refractivity contribution >= 4 is 364 Å². The standard InChI is InChI=1S/C4H9NO2.C4H9NS2.C4H6O3S.C4H6O2S.C3H9NO2S2.C3H9NOS2.C3H7NOS.C3H7NS2.C3H6O2S.2C3H6OS2.C3H6OS.C3H6S3.C3H6S2.C2H7NO2S2.C2H7NOS2/c2*1-5(2)4(6)7-3;1-7-3(5)4(6)8-2;1-3(5)4(6)7-2;1-4(2)8(5,6)7-3;1-4(2)7(5)6-3;2*1-4-3(5)6-2;2*1-5-3(4)6-2;1-4-3(5)6-2;1-3(4)5-2;1-5-3(4)6-2;1-3(4)5-2;1-3-7(4,5)6-2;1-3-6(4)5-2/h2*1-3H3;1-2H3;1-2H3;1-3H3;1-3H3;2*1-2H3,(H,4,5);3*1-2H3;1-2H3;1-2H3;1-2H3;3H,1-2H3;3H,1-2H3. The van der Waals surface area contributed by atoms with E-state index in [2.05, 4.69) is 63.5 Å². The van der Waals surface area contributed by atoms with E-state index in [4.69, 9.17) is 36.7 Å². The van der Waals surface area contributed by atoms with E-state index in [0.717, 1.165) is 73.2 Å². The zero-order valence-corrected chi connectivity index (χ0v) is 86.4. The van der Waals surface area contributed by atoms with E-state index in [1.54, 1.807) is 163 Å². The number of nitrogens with zero attached hydrogens (tertiary/aromatic N) is 4. The lowest BCUT2D eigenvalue weighted by molar-refractivity contribution is -0.147. The number of esters is 1. The molecule has 0 aliphatic carbocycles. The summed E-state index contributed by atoms with van der Waals surface area (Å²) in [5, 5.41) is 4.25. The van der Waals surface area contributed by atoms with Gasteiger partial charge in [0.25, 0.3) is 33.6 Å². The number of nitrogens with one attached hydrogen (secondary N) is 4. The van der Waals surface area contributed by atoms with Gasteiger partial charge in [0.05, 0.1) is 28.4 Å². The number of rotatable bonds is 9. The summed E-state index contributed by atoms with van der Waals surface area (Å²) in [5.74, 6) is -1.18. The Balaban J connectivity index is -0.0000000561. The van der Waals surface area contributed by atoms with Crippen molar-refractivity contribution in [2.75, 3.05) is 219 Å². The molecule has 0 spiro atoms. The first-order chi connectivity index (χ1) is 47.3. The normalized spacial score (nSPS) is 9.42. The van der Waals surface area contributed by atoms with Crippen LogP contribution in [0.25, 0.3) is 0 Å². The Labute approximate surface area is 721 Å². The molecule has 0 bridgehead atoms. The molecule has 2 atom stereocenters. The fourth-order valence-corrected chi connectivity index (χ4v) is 8.37. The van der Waals surface area contributed by atoms with Gasteiger partial charge in [0.1, 0.15) is 12.2 Å². The lowest BCUT2D eigenvalue weighted by Crippen LogP contribution is -2.20. The summed E-state index contributed by atoms with van der Waals surface area (Å²) >= 11 is 40.8. The van der Waals surface area contributed by atoms with Crippen LogP contribution in [0.2, 0.25) is 0 Å². The summed E-state index contributed by atoms with van der Waals surface area (Å²) in [6, 6.07) is 0. The van der Waals surface area contributed by atoms with Gasteiger partial charge >= 0.3 is 17.4 Å². The van der Waals surface area contributed by atoms with Gasteiger partial charge in [0.15, 0.2) is 25.2 Å². The van der Waals surface area contributed by atoms with Gasteiger partial charge in [-0.3, -0.25) is 28.8 Å². The van der Waals surface area contributed by atoms with Crippen LogP contribution in [-0.2, 0) is 81.1 Å². The van der Waals surface area contributed by atoms with Gasteiger partial charge in [-0.15, -0.1) is 58.8 Å². The quantitative estimate of drug-likeness (QED) is 0.0547. The van der Waals surface area contributed by atoms with Crippen LogP contribution >= 0.6 is 257 Å². The summed E-state index contributed by atoms with van der Waals surface area (Å²) in [4.78, 5) is 93.8. The molecule has 2 amide bonds. The summed E-state index contributed by atoms with van der Waals surface area (Å²) < 4.78 is 91.5. The average molecular weight is 1960 g/mol. The van der Waals surface area contributed by atoms with Crippen LogP contribution in [0, 0.1) is 0 Å². The molecule has 0 aromatic carbocycles. The molecular weight excluding hydrogens is 1850 g/mol. The Morgan fingerprint density at radius 1 is 0.447 bits per heavy atom. The van der Waals surface area contributed by atoms with E-state index in [1.807, 2.05) is 76.8 Å². The largest absolute Gasteiger partial charge is 0.482 e. The van der Waals surface area contributed by atoms with E-state index in [-0.39, 0.29) is 37.1 Å². The topological polar surface area (TPSA) is 354 Å². The average Bonchev–Trinajstić information content (AvgIpc) is 0.934. The molecule has 0 aliphatic rings. The number of hydrogen-bond acceptors (Lipinski definition) is 41. The molecule has 2 unspecified atom stereocenters. The maximum absolute atomic E-state index is 10.6. The minimum Gasteiger partial charge on any atom is -0.482 e. The molecule has 622 valence electrons. The van der Waals surface area contributed by atoms with Crippen LogP contribution in [0.3, 0.4) is 0 Å². The lowest BCUT2D eigenvalue weighted by atomic mass is 10.5. The fraction of sp³-hybridized carbons (Fsp3) is 0.720. The summed E-state index contributed by atoms with van der Waals surface area (Å²) in [6.45, 7) is 4.73. The van der Waals surface area contributed by atoms with Gasteiger partial charge < -0.3 is 39.4 Å². The van der Waals surface area contributed by atoms with E-state index in [9.17, 15) is 68.4 Å². The van der Waals surface area contributed by atoms with Crippen LogP contribution in [0.15, 0.2) is 0 Å². The highest BCUT2D eigenvalue weighted by molar-refractivity contribution is 8.71. The Bertz CT molecular complexity index is 2170. The number of thioether (sulfide) groups is 13. The van der Waals surface area contributed by atoms with E-state index >= 15 is 0 Å². The number of ketones is 1. The van der Waals surface area contributed by atoms with Crippen LogP contribution in [0.1, 0.15) is 20.8 Å². The van der Waals surface area contributed by atoms with Crippen molar-refractivity contribution in [2.45, 2.75) is 20.8 Å². The Morgan fingerprint density at radius 3 is 0.864 bits per heavy atom. The number of carbonyl (C=O) groups is 9. The van der Waals surface area contributed by atoms with Crippen molar-refractivity contribution in [3.8, 4) is 0 Å². The monoisotopic (exact) mass is 1960 g/mol. The third-order valence-electron chi connectivity index (χ3n) is 6.66. The van der Waals surface area contributed by atoms with Crippen molar-refractivity contribution in [1.29, 1.82) is 0 Å². The Kier molecular flexibility index (Phi) is 156. The Hall–Kier alpha value is 1.87. The first-order valence-electron chi connectivity index (χ1n) is 25.9. The lowest BCUT2D eigenvalue weighted by Gasteiger charge is -2.08. The van der Waals surface area contributed by atoms with Crippen LogP contribution in [0.5, 0.6) is 0 Å². The molecule has 0 aromatic rings. The molecule has 0 aromatic heterocycles. The Morgan fingerprint density at radius 2 is 0.854 bits per heavy atom. The van der Waals surface area contributed by atoms with E-state index in [0.29, 0.717) is 4.38 Å². The number of Topliss-reactive ketones (excluding diaryl/α,β-unsaturated/α-hetero) is 1. The second-order valence-corrected chi connectivity index (χ2v) is 43.8. The molecule has 0 radical (unpaired) electrons. The fourth-order valence-electron chi connectivity index (χ4n) is 1.68. The maximum Gasteiger partial charge on any atom is 0.408 e. The van der Waals surface area contributed by atoms with Gasteiger partial charge in [-0.25, -0.2) is 53.4 Å². The van der Waals surface area contributed by atoms with Crippen molar-refractivity contribution in [2.24, 2.45) is 0 Å². The minimum atomic E-state index is -2.99. The van der Waals surface area contributed by atoms with Gasteiger partial charge in [0, 0.05) is 88.5 Å². The molecule has 0 rings (SSSR count). The summed E-state index contributed by atoms with van der Waals surface area (Å²) in [6.07, 6.45) is 29.9. The first kappa shape index (κ1) is 143. The van der Waals surface area contributed by atoms with Gasteiger partial charge in [-0.05, 0) is 195 Å².